The Balaban J connectivity index is 1.39. The molecule has 0 bridgehead atoms. The van der Waals surface area contributed by atoms with Crippen LogP contribution in [0.15, 0.2) is 77.4 Å². The second kappa shape index (κ2) is 8.10. The number of rotatable bonds is 6. The molecule has 3 aromatic carbocycles. The molecule has 0 radical (unpaired) electrons. The van der Waals surface area contributed by atoms with Crippen LogP contribution in [-0.2, 0) is 11.2 Å². The van der Waals surface area contributed by atoms with Crippen molar-refractivity contribution >= 4 is 22.6 Å². The SMILES string of the molecule is COc1ccc2c(CC(=O)Nc3ccc(Oc4ccc(C)cc4)cc3)coc2c1. The number of methoxy groups -OCH3 is 1. The van der Waals surface area contributed by atoms with E-state index >= 15 is 0 Å². The highest BCUT2D eigenvalue weighted by Crippen LogP contribution is 2.27. The van der Waals surface area contributed by atoms with Gasteiger partial charge in [-0.05, 0) is 55.5 Å². The molecule has 1 heterocycles. The van der Waals surface area contributed by atoms with Gasteiger partial charge in [-0.3, -0.25) is 4.79 Å². The Morgan fingerprint density at radius 2 is 1.59 bits per heavy atom. The van der Waals surface area contributed by atoms with Crippen LogP contribution in [0.25, 0.3) is 11.0 Å². The van der Waals surface area contributed by atoms with Crippen LogP contribution in [-0.4, -0.2) is 13.0 Å². The lowest BCUT2D eigenvalue weighted by molar-refractivity contribution is -0.115. The summed E-state index contributed by atoms with van der Waals surface area (Å²) in [7, 11) is 1.61. The van der Waals surface area contributed by atoms with Gasteiger partial charge in [0.15, 0.2) is 0 Å². The molecule has 0 aliphatic carbocycles. The number of furan rings is 1. The number of fused-ring (bicyclic) bond motifs is 1. The summed E-state index contributed by atoms with van der Waals surface area (Å²) < 4.78 is 16.6. The first kappa shape index (κ1) is 18.6. The van der Waals surface area contributed by atoms with Gasteiger partial charge in [-0.25, -0.2) is 0 Å². The minimum absolute atomic E-state index is 0.115. The minimum Gasteiger partial charge on any atom is -0.497 e. The molecule has 1 aromatic heterocycles. The predicted molar refractivity (Wildman–Crippen MR) is 113 cm³/mol. The average molecular weight is 387 g/mol. The molecule has 29 heavy (non-hydrogen) atoms. The molecule has 4 rings (SSSR count). The van der Waals surface area contributed by atoms with E-state index in [0.717, 1.165) is 22.4 Å². The zero-order chi connectivity index (χ0) is 20.2. The van der Waals surface area contributed by atoms with E-state index in [1.54, 1.807) is 13.4 Å². The van der Waals surface area contributed by atoms with Crippen molar-refractivity contribution in [2.75, 3.05) is 12.4 Å². The van der Waals surface area contributed by atoms with Crippen LogP contribution < -0.4 is 14.8 Å². The number of nitrogens with one attached hydrogen (secondary N) is 1. The number of amides is 1. The normalized spacial score (nSPS) is 10.7. The number of hydrogen-bond acceptors (Lipinski definition) is 4. The summed E-state index contributed by atoms with van der Waals surface area (Å²) in [6.07, 6.45) is 1.84. The van der Waals surface area contributed by atoms with Crippen LogP contribution in [0.4, 0.5) is 5.69 Å². The first-order valence-corrected chi connectivity index (χ1v) is 9.29. The fourth-order valence-electron chi connectivity index (χ4n) is 3.05. The number of hydrogen-bond donors (Lipinski definition) is 1. The number of benzene rings is 3. The van der Waals surface area contributed by atoms with Crippen molar-refractivity contribution in [1.29, 1.82) is 0 Å². The van der Waals surface area contributed by atoms with Crippen LogP contribution in [0.5, 0.6) is 17.2 Å². The van der Waals surface area contributed by atoms with E-state index in [1.165, 1.54) is 5.56 Å². The number of carbonyl (C=O) groups is 1. The quantitative estimate of drug-likeness (QED) is 0.459. The Bertz CT molecular complexity index is 1130. The molecule has 4 aromatic rings. The molecule has 0 saturated carbocycles. The van der Waals surface area contributed by atoms with Crippen LogP contribution in [0, 0.1) is 6.92 Å². The third kappa shape index (κ3) is 4.41. The van der Waals surface area contributed by atoms with E-state index in [0.29, 0.717) is 17.0 Å². The van der Waals surface area contributed by atoms with E-state index in [9.17, 15) is 4.79 Å². The van der Waals surface area contributed by atoms with Gasteiger partial charge in [-0.2, -0.15) is 0 Å². The van der Waals surface area contributed by atoms with Crippen molar-refractivity contribution in [2.45, 2.75) is 13.3 Å². The summed E-state index contributed by atoms with van der Waals surface area (Å²) in [6, 6.07) is 20.7. The van der Waals surface area contributed by atoms with Gasteiger partial charge in [0.2, 0.25) is 5.91 Å². The summed E-state index contributed by atoms with van der Waals surface area (Å²) in [6.45, 7) is 2.03. The van der Waals surface area contributed by atoms with Gasteiger partial charge in [-0.15, -0.1) is 0 Å². The van der Waals surface area contributed by atoms with E-state index in [-0.39, 0.29) is 12.3 Å². The lowest BCUT2D eigenvalue weighted by Crippen LogP contribution is -2.14. The third-order valence-corrected chi connectivity index (χ3v) is 4.61. The first-order chi connectivity index (χ1) is 14.1. The molecule has 0 saturated heterocycles. The lowest BCUT2D eigenvalue weighted by atomic mass is 10.1. The van der Waals surface area contributed by atoms with Crippen LogP contribution >= 0.6 is 0 Å². The molecule has 0 aliphatic rings. The Labute approximate surface area is 168 Å². The van der Waals surface area contributed by atoms with Gasteiger partial charge in [0.1, 0.15) is 22.8 Å². The van der Waals surface area contributed by atoms with Gasteiger partial charge in [0.25, 0.3) is 0 Å². The molecule has 0 fully saturated rings. The van der Waals surface area contributed by atoms with E-state index in [4.69, 9.17) is 13.9 Å². The summed E-state index contributed by atoms with van der Waals surface area (Å²) in [5.41, 5.74) is 3.42. The van der Waals surface area contributed by atoms with Crippen molar-refractivity contribution in [3.8, 4) is 17.2 Å². The highest BCUT2D eigenvalue weighted by atomic mass is 16.5. The van der Waals surface area contributed by atoms with Crippen molar-refractivity contribution in [3.05, 3.63) is 84.1 Å². The summed E-state index contributed by atoms with van der Waals surface area (Å²) >= 11 is 0. The fraction of sp³-hybridized carbons (Fsp3) is 0.125. The summed E-state index contributed by atoms with van der Waals surface area (Å²) in [4.78, 5) is 12.4. The molecule has 146 valence electrons. The van der Waals surface area contributed by atoms with E-state index in [1.807, 2.05) is 73.7 Å². The number of carbonyl (C=O) groups excluding carboxylic acids is 1. The Kier molecular flexibility index (Phi) is 5.20. The second-order valence-electron chi connectivity index (χ2n) is 6.79. The van der Waals surface area contributed by atoms with Crippen molar-refractivity contribution in [3.63, 3.8) is 0 Å². The van der Waals surface area contributed by atoms with Crippen molar-refractivity contribution in [1.82, 2.24) is 0 Å². The summed E-state index contributed by atoms with van der Waals surface area (Å²) in [5.74, 6) is 2.09. The molecule has 0 spiro atoms. The van der Waals surface area contributed by atoms with Gasteiger partial charge < -0.3 is 19.2 Å². The van der Waals surface area contributed by atoms with Gasteiger partial charge in [-0.1, -0.05) is 17.7 Å². The molecule has 0 atom stereocenters. The lowest BCUT2D eigenvalue weighted by Gasteiger charge is -2.08. The van der Waals surface area contributed by atoms with E-state index < -0.39 is 0 Å². The largest absolute Gasteiger partial charge is 0.497 e. The number of ether oxygens (including phenoxy) is 2. The molecule has 5 heteroatoms. The zero-order valence-electron chi connectivity index (χ0n) is 16.3. The van der Waals surface area contributed by atoms with Crippen LogP contribution in [0.1, 0.15) is 11.1 Å². The standard InChI is InChI=1S/C24H21NO4/c1-16-3-7-19(8-4-16)29-20-9-5-18(6-10-20)25-24(26)13-17-15-28-23-14-21(27-2)11-12-22(17)23/h3-12,14-15H,13H2,1-2H3,(H,25,26). The van der Waals surface area contributed by atoms with Crippen LogP contribution in [0.2, 0.25) is 0 Å². The average Bonchev–Trinajstić information content (AvgIpc) is 3.13. The Hall–Kier alpha value is -3.73. The minimum atomic E-state index is -0.115. The molecule has 1 N–H and O–H groups in total. The Morgan fingerprint density at radius 1 is 0.931 bits per heavy atom. The van der Waals surface area contributed by atoms with Crippen molar-refractivity contribution in [2.24, 2.45) is 0 Å². The Morgan fingerprint density at radius 3 is 2.28 bits per heavy atom. The molecular weight excluding hydrogens is 366 g/mol. The maximum atomic E-state index is 12.4. The second-order valence-corrected chi connectivity index (χ2v) is 6.79. The molecule has 0 aliphatic heterocycles. The monoisotopic (exact) mass is 387 g/mol. The van der Waals surface area contributed by atoms with Crippen LogP contribution in [0.3, 0.4) is 0 Å². The maximum Gasteiger partial charge on any atom is 0.228 e. The topological polar surface area (TPSA) is 60.7 Å². The molecule has 0 unspecified atom stereocenters. The van der Waals surface area contributed by atoms with E-state index in [2.05, 4.69) is 5.32 Å². The highest BCUT2D eigenvalue weighted by molar-refractivity contribution is 5.95. The molecule has 5 nitrogen and oxygen atoms in total. The van der Waals surface area contributed by atoms with Gasteiger partial charge in [0.05, 0.1) is 19.8 Å². The fourth-order valence-corrected chi connectivity index (χ4v) is 3.05. The first-order valence-electron chi connectivity index (χ1n) is 9.29. The predicted octanol–water partition coefficient (Wildman–Crippen LogP) is 5.72. The number of aryl methyl sites for hydroxylation is 1. The molecule has 1 amide bonds. The third-order valence-electron chi connectivity index (χ3n) is 4.61. The highest BCUT2D eigenvalue weighted by Gasteiger charge is 2.11. The smallest absolute Gasteiger partial charge is 0.228 e. The summed E-state index contributed by atoms with van der Waals surface area (Å²) in [5, 5.41) is 3.81. The molecular formula is C24H21NO4. The van der Waals surface area contributed by atoms with Crippen molar-refractivity contribution < 1.29 is 18.7 Å². The number of anilines is 1. The zero-order valence-corrected chi connectivity index (χ0v) is 16.3. The van der Waals surface area contributed by atoms with Gasteiger partial charge in [0, 0.05) is 22.7 Å². The maximum absolute atomic E-state index is 12.4. The van der Waals surface area contributed by atoms with Gasteiger partial charge >= 0.3 is 0 Å².